The molecule has 1 aromatic heterocycles. The third-order valence-electron chi connectivity index (χ3n) is 3.08. The summed E-state index contributed by atoms with van der Waals surface area (Å²) >= 11 is 0. The Balaban J connectivity index is 1.92. The van der Waals surface area contributed by atoms with Crippen LogP contribution in [-0.2, 0) is 4.74 Å². The first-order chi connectivity index (χ1) is 7.24. The van der Waals surface area contributed by atoms with Crippen molar-refractivity contribution < 1.29 is 4.74 Å². The lowest BCUT2D eigenvalue weighted by atomic mass is 9.80. The van der Waals surface area contributed by atoms with Crippen molar-refractivity contribution in [3.63, 3.8) is 0 Å². The standard InChI is InChI=1S/C11H17N3O/c1-9-6-10(14-13-7-9)12-8-11(15-2)4-3-5-11/h6-7H,3-5,8H2,1-2H3,(H,12,14). The van der Waals surface area contributed by atoms with Crippen LogP contribution in [0.2, 0.25) is 0 Å². The summed E-state index contributed by atoms with van der Waals surface area (Å²) in [6, 6.07) is 2.00. The van der Waals surface area contributed by atoms with E-state index in [0.717, 1.165) is 30.8 Å². The Morgan fingerprint density at radius 2 is 2.33 bits per heavy atom. The highest BCUT2D eigenvalue weighted by Crippen LogP contribution is 2.34. The number of methoxy groups -OCH3 is 1. The van der Waals surface area contributed by atoms with Gasteiger partial charge in [0.05, 0.1) is 11.8 Å². The van der Waals surface area contributed by atoms with Crippen LogP contribution in [0.1, 0.15) is 24.8 Å². The number of aryl methyl sites for hydroxylation is 1. The van der Waals surface area contributed by atoms with Gasteiger partial charge < -0.3 is 10.1 Å². The van der Waals surface area contributed by atoms with Crippen LogP contribution in [0.5, 0.6) is 0 Å². The third kappa shape index (κ3) is 2.26. The molecule has 1 aromatic rings. The third-order valence-corrected chi connectivity index (χ3v) is 3.08. The maximum absolute atomic E-state index is 5.52. The van der Waals surface area contributed by atoms with Gasteiger partial charge in [-0.15, -0.1) is 5.10 Å². The molecule has 4 nitrogen and oxygen atoms in total. The Labute approximate surface area is 90.1 Å². The van der Waals surface area contributed by atoms with Gasteiger partial charge in [-0.3, -0.25) is 0 Å². The van der Waals surface area contributed by atoms with Crippen molar-refractivity contribution >= 4 is 5.82 Å². The van der Waals surface area contributed by atoms with Crippen LogP contribution >= 0.6 is 0 Å². The van der Waals surface area contributed by atoms with E-state index in [-0.39, 0.29) is 5.60 Å². The number of ether oxygens (including phenoxy) is 1. The summed E-state index contributed by atoms with van der Waals surface area (Å²) in [4.78, 5) is 0. The van der Waals surface area contributed by atoms with E-state index in [2.05, 4.69) is 15.5 Å². The molecule has 4 heteroatoms. The maximum atomic E-state index is 5.52. The number of nitrogens with zero attached hydrogens (tertiary/aromatic N) is 2. The highest BCUT2D eigenvalue weighted by atomic mass is 16.5. The predicted octanol–water partition coefficient (Wildman–Crippen LogP) is 1.77. The highest BCUT2D eigenvalue weighted by molar-refractivity contribution is 5.35. The Morgan fingerprint density at radius 3 is 2.87 bits per heavy atom. The van der Waals surface area contributed by atoms with Gasteiger partial charge in [-0.05, 0) is 37.8 Å². The number of aromatic nitrogens is 2. The number of rotatable bonds is 4. The molecule has 0 bridgehead atoms. The molecule has 15 heavy (non-hydrogen) atoms. The normalized spacial score (nSPS) is 18.3. The Kier molecular flexibility index (Phi) is 2.86. The van der Waals surface area contributed by atoms with Crippen molar-refractivity contribution in [2.24, 2.45) is 0 Å². The van der Waals surface area contributed by atoms with E-state index in [1.807, 2.05) is 13.0 Å². The monoisotopic (exact) mass is 207 g/mol. The number of nitrogens with one attached hydrogen (secondary N) is 1. The van der Waals surface area contributed by atoms with Gasteiger partial charge in [0.2, 0.25) is 0 Å². The summed E-state index contributed by atoms with van der Waals surface area (Å²) < 4.78 is 5.52. The fraction of sp³-hybridized carbons (Fsp3) is 0.636. The zero-order valence-corrected chi connectivity index (χ0v) is 9.29. The molecule has 1 N–H and O–H groups in total. The summed E-state index contributed by atoms with van der Waals surface area (Å²) in [6.45, 7) is 2.83. The van der Waals surface area contributed by atoms with Gasteiger partial charge in [-0.1, -0.05) is 0 Å². The van der Waals surface area contributed by atoms with Crippen molar-refractivity contribution in [3.8, 4) is 0 Å². The average molecular weight is 207 g/mol. The molecule has 1 fully saturated rings. The number of hydrogen-bond donors (Lipinski definition) is 1. The molecule has 1 saturated carbocycles. The SMILES string of the molecule is COC1(CNc2cc(C)cnn2)CCC1. The Bertz CT molecular complexity index is 331. The fourth-order valence-corrected chi connectivity index (χ4v) is 1.83. The van der Waals surface area contributed by atoms with Crippen molar-refractivity contribution in [1.82, 2.24) is 10.2 Å². The topological polar surface area (TPSA) is 47.0 Å². The molecule has 0 aliphatic heterocycles. The van der Waals surface area contributed by atoms with E-state index in [0.29, 0.717) is 0 Å². The largest absolute Gasteiger partial charge is 0.376 e. The van der Waals surface area contributed by atoms with E-state index in [1.165, 1.54) is 6.42 Å². The first kappa shape index (κ1) is 10.4. The van der Waals surface area contributed by atoms with Crippen LogP contribution < -0.4 is 5.32 Å². The smallest absolute Gasteiger partial charge is 0.149 e. The lowest BCUT2D eigenvalue weighted by Crippen LogP contribution is -2.45. The molecule has 0 atom stereocenters. The molecule has 1 aliphatic carbocycles. The molecule has 0 amide bonds. The van der Waals surface area contributed by atoms with Crippen molar-refractivity contribution in [2.75, 3.05) is 19.0 Å². The Hall–Kier alpha value is -1.16. The first-order valence-corrected chi connectivity index (χ1v) is 5.32. The summed E-state index contributed by atoms with van der Waals surface area (Å²) in [7, 11) is 1.78. The molecule has 1 aliphatic rings. The van der Waals surface area contributed by atoms with Gasteiger partial charge in [0.25, 0.3) is 0 Å². The van der Waals surface area contributed by atoms with Crippen LogP contribution in [0.25, 0.3) is 0 Å². The van der Waals surface area contributed by atoms with E-state index in [1.54, 1.807) is 13.3 Å². The molecule has 82 valence electrons. The van der Waals surface area contributed by atoms with Crippen LogP contribution in [-0.4, -0.2) is 29.5 Å². The van der Waals surface area contributed by atoms with E-state index >= 15 is 0 Å². The zero-order valence-electron chi connectivity index (χ0n) is 9.29. The summed E-state index contributed by atoms with van der Waals surface area (Å²) in [5.74, 6) is 0.832. The number of anilines is 1. The summed E-state index contributed by atoms with van der Waals surface area (Å²) in [5.41, 5.74) is 1.15. The molecule has 2 rings (SSSR count). The lowest BCUT2D eigenvalue weighted by Gasteiger charge is -2.40. The van der Waals surface area contributed by atoms with Crippen LogP contribution in [0.4, 0.5) is 5.82 Å². The molecule has 0 saturated heterocycles. The van der Waals surface area contributed by atoms with E-state index in [4.69, 9.17) is 4.74 Å². The minimum absolute atomic E-state index is 0.0332. The minimum atomic E-state index is 0.0332. The van der Waals surface area contributed by atoms with Crippen molar-refractivity contribution in [2.45, 2.75) is 31.8 Å². The molecular weight excluding hydrogens is 190 g/mol. The van der Waals surface area contributed by atoms with Crippen LogP contribution in [0.3, 0.4) is 0 Å². The second kappa shape index (κ2) is 4.14. The molecule has 1 heterocycles. The predicted molar refractivity (Wildman–Crippen MR) is 58.8 cm³/mol. The number of hydrogen-bond acceptors (Lipinski definition) is 4. The summed E-state index contributed by atoms with van der Waals surface area (Å²) in [5, 5.41) is 11.2. The molecule has 0 spiro atoms. The molecular formula is C11H17N3O. The van der Waals surface area contributed by atoms with Crippen LogP contribution in [0.15, 0.2) is 12.3 Å². The van der Waals surface area contributed by atoms with Crippen molar-refractivity contribution in [1.29, 1.82) is 0 Å². The van der Waals surface area contributed by atoms with Gasteiger partial charge in [0, 0.05) is 13.7 Å². The lowest BCUT2D eigenvalue weighted by molar-refractivity contribution is -0.0601. The van der Waals surface area contributed by atoms with Crippen LogP contribution in [0, 0.1) is 6.92 Å². The quantitative estimate of drug-likeness (QED) is 0.817. The van der Waals surface area contributed by atoms with Crippen molar-refractivity contribution in [3.05, 3.63) is 17.8 Å². The summed E-state index contributed by atoms with van der Waals surface area (Å²) in [6.07, 6.45) is 5.28. The zero-order chi connectivity index (χ0) is 10.7. The second-order valence-electron chi connectivity index (χ2n) is 4.21. The van der Waals surface area contributed by atoms with E-state index < -0.39 is 0 Å². The first-order valence-electron chi connectivity index (χ1n) is 5.32. The molecule has 0 aromatic carbocycles. The maximum Gasteiger partial charge on any atom is 0.149 e. The van der Waals surface area contributed by atoms with Gasteiger partial charge in [-0.2, -0.15) is 5.10 Å². The fourth-order valence-electron chi connectivity index (χ4n) is 1.83. The van der Waals surface area contributed by atoms with Gasteiger partial charge in [0.15, 0.2) is 0 Å². The Morgan fingerprint density at radius 1 is 1.53 bits per heavy atom. The van der Waals surface area contributed by atoms with Gasteiger partial charge in [0.1, 0.15) is 5.82 Å². The molecule has 0 radical (unpaired) electrons. The van der Waals surface area contributed by atoms with Gasteiger partial charge >= 0.3 is 0 Å². The highest BCUT2D eigenvalue weighted by Gasteiger charge is 2.36. The average Bonchev–Trinajstić information content (AvgIpc) is 2.17. The van der Waals surface area contributed by atoms with E-state index in [9.17, 15) is 0 Å². The minimum Gasteiger partial charge on any atom is -0.376 e. The van der Waals surface area contributed by atoms with Gasteiger partial charge in [-0.25, -0.2) is 0 Å². The molecule has 0 unspecified atom stereocenters. The second-order valence-corrected chi connectivity index (χ2v) is 4.21.